The molecule has 2 heterocycles. The van der Waals surface area contributed by atoms with E-state index in [9.17, 15) is 14.7 Å². The minimum atomic E-state index is -0.540. The molecule has 3 atom stereocenters. The van der Waals surface area contributed by atoms with Gasteiger partial charge in [-0.15, -0.1) is 11.8 Å². The average molecular weight is 302 g/mol. The van der Waals surface area contributed by atoms with E-state index in [1.807, 2.05) is 6.26 Å². The average Bonchev–Trinajstić information content (AvgIpc) is 2.83. The van der Waals surface area contributed by atoms with E-state index in [0.29, 0.717) is 17.9 Å². The summed E-state index contributed by atoms with van der Waals surface area (Å²) in [5.41, 5.74) is -0.492. The van der Waals surface area contributed by atoms with Gasteiger partial charge in [-0.05, 0) is 13.2 Å². The molecule has 1 aromatic rings. The summed E-state index contributed by atoms with van der Waals surface area (Å²) in [6.45, 7) is 1.45. The molecule has 20 heavy (non-hydrogen) atoms. The van der Waals surface area contributed by atoms with Gasteiger partial charge in [0.15, 0.2) is 0 Å². The lowest BCUT2D eigenvalue weighted by atomic mass is 10.2. The topological polar surface area (TPSA) is 93.6 Å². The van der Waals surface area contributed by atoms with E-state index in [0.717, 1.165) is 0 Å². The maximum absolute atomic E-state index is 11.8. The van der Waals surface area contributed by atoms with Gasteiger partial charge < -0.3 is 14.6 Å². The van der Waals surface area contributed by atoms with Gasteiger partial charge in [0.25, 0.3) is 5.56 Å². The van der Waals surface area contributed by atoms with Crippen LogP contribution in [0.15, 0.2) is 15.8 Å². The summed E-state index contributed by atoms with van der Waals surface area (Å²) in [6, 6.07) is 0. The molecule has 0 spiro atoms. The first-order valence-corrected chi connectivity index (χ1v) is 7.65. The summed E-state index contributed by atoms with van der Waals surface area (Å²) in [4.78, 5) is 25.4. The van der Waals surface area contributed by atoms with Crippen LogP contribution in [-0.4, -0.2) is 45.7 Å². The summed E-state index contributed by atoms with van der Waals surface area (Å²) in [6.07, 6.45) is 2.57. The normalized spacial score (nSPS) is 26.1. The largest absolute Gasteiger partial charge is 0.394 e. The van der Waals surface area contributed by atoms with Gasteiger partial charge in [-0.1, -0.05) is 0 Å². The zero-order valence-corrected chi connectivity index (χ0v) is 12.2. The fourth-order valence-electron chi connectivity index (χ4n) is 2.17. The number of aliphatic hydroxyl groups is 1. The third-order valence-corrected chi connectivity index (χ3v) is 3.59. The second-order valence-electron chi connectivity index (χ2n) is 4.64. The van der Waals surface area contributed by atoms with Crippen LogP contribution in [-0.2, 0) is 9.47 Å². The molecule has 0 bridgehead atoms. The number of thioether (sulfide) groups is 1. The van der Waals surface area contributed by atoms with Crippen LogP contribution in [0.2, 0.25) is 0 Å². The second-order valence-corrected chi connectivity index (χ2v) is 5.45. The first-order chi connectivity index (χ1) is 9.56. The van der Waals surface area contributed by atoms with Crippen LogP contribution < -0.4 is 11.2 Å². The van der Waals surface area contributed by atoms with Crippen molar-refractivity contribution in [3.8, 4) is 0 Å². The molecule has 1 saturated heterocycles. The Morgan fingerprint density at radius 3 is 3.00 bits per heavy atom. The van der Waals surface area contributed by atoms with E-state index < -0.39 is 23.6 Å². The third kappa shape index (κ3) is 3.14. The quantitative estimate of drug-likeness (QED) is 0.734. The van der Waals surface area contributed by atoms with Gasteiger partial charge in [0, 0.05) is 18.2 Å². The molecule has 112 valence electrons. The molecular weight excluding hydrogens is 284 g/mol. The van der Waals surface area contributed by atoms with Crippen molar-refractivity contribution in [2.75, 3.05) is 18.8 Å². The number of aliphatic hydroxyl groups excluding tert-OH is 1. The van der Waals surface area contributed by atoms with Crippen LogP contribution in [0.5, 0.6) is 0 Å². The molecule has 1 fully saturated rings. The highest BCUT2D eigenvalue weighted by molar-refractivity contribution is 7.98. The van der Waals surface area contributed by atoms with Gasteiger partial charge >= 0.3 is 5.69 Å². The van der Waals surface area contributed by atoms with Crippen molar-refractivity contribution in [1.82, 2.24) is 9.55 Å². The summed E-state index contributed by atoms with van der Waals surface area (Å²) in [7, 11) is 0. The van der Waals surface area contributed by atoms with Crippen LogP contribution in [0.3, 0.4) is 0 Å². The summed E-state index contributed by atoms with van der Waals surface area (Å²) in [5.74, 6) is 0.497. The van der Waals surface area contributed by atoms with Crippen LogP contribution in [0, 0.1) is 6.92 Å². The molecule has 0 aromatic carbocycles. The van der Waals surface area contributed by atoms with Gasteiger partial charge in [-0.3, -0.25) is 14.3 Å². The summed E-state index contributed by atoms with van der Waals surface area (Å²) in [5, 5.41) is 9.31. The predicted molar refractivity (Wildman–Crippen MR) is 74.9 cm³/mol. The smallest absolute Gasteiger partial charge is 0.330 e. The molecule has 2 rings (SSSR count). The first kappa shape index (κ1) is 15.3. The highest BCUT2D eigenvalue weighted by atomic mass is 32.2. The van der Waals surface area contributed by atoms with Gasteiger partial charge in [-0.25, -0.2) is 4.79 Å². The van der Waals surface area contributed by atoms with Crippen LogP contribution in [0.25, 0.3) is 0 Å². The number of nitrogens with zero attached hydrogens (tertiary/aromatic N) is 1. The van der Waals surface area contributed by atoms with E-state index in [-0.39, 0.29) is 12.7 Å². The van der Waals surface area contributed by atoms with Crippen molar-refractivity contribution in [1.29, 1.82) is 0 Å². The second kappa shape index (κ2) is 6.57. The predicted octanol–water partition coefficient (Wildman–Crippen LogP) is -0.169. The number of aromatic nitrogens is 2. The molecule has 2 N–H and O–H groups in total. The van der Waals surface area contributed by atoms with Crippen molar-refractivity contribution in [3.63, 3.8) is 0 Å². The highest BCUT2D eigenvalue weighted by Crippen LogP contribution is 2.30. The Kier molecular flexibility index (Phi) is 5.03. The molecular formula is C12H18N2O5S. The van der Waals surface area contributed by atoms with Gasteiger partial charge in [0.1, 0.15) is 12.3 Å². The van der Waals surface area contributed by atoms with E-state index in [4.69, 9.17) is 9.47 Å². The lowest BCUT2D eigenvalue weighted by Gasteiger charge is -2.15. The van der Waals surface area contributed by atoms with Gasteiger partial charge in [0.2, 0.25) is 0 Å². The molecule has 0 aliphatic carbocycles. The SMILES string of the molecule is CSCO[C@H]1C[C@H](n2cc(C)c(=O)[nH]c2=O)O[C@@H]1CO. The van der Waals surface area contributed by atoms with Crippen molar-refractivity contribution in [2.45, 2.75) is 31.8 Å². The number of nitrogens with one attached hydrogen (secondary N) is 1. The molecule has 1 aromatic heterocycles. The van der Waals surface area contributed by atoms with Crippen molar-refractivity contribution in [2.24, 2.45) is 0 Å². The Bertz CT molecular complexity index is 570. The van der Waals surface area contributed by atoms with Crippen LogP contribution in [0.4, 0.5) is 0 Å². The molecule has 7 nitrogen and oxygen atoms in total. The lowest BCUT2D eigenvalue weighted by Crippen LogP contribution is -2.33. The molecule has 8 heteroatoms. The fraction of sp³-hybridized carbons (Fsp3) is 0.667. The Morgan fingerprint density at radius 1 is 1.60 bits per heavy atom. The van der Waals surface area contributed by atoms with Crippen molar-refractivity contribution < 1.29 is 14.6 Å². The Balaban J connectivity index is 2.20. The zero-order valence-electron chi connectivity index (χ0n) is 11.4. The number of aryl methyl sites for hydroxylation is 1. The van der Waals surface area contributed by atoms with Crippen molar-refractivity contribution >= 4 is 11.8 Å². The Hall–Kier alpha value is -1.09. The highest BCUT2D eigenvalue weighted by Gasteiger charge is 2.37. The fourth-order valence-corrected chi connectivity index (χ4v) is 2.48. The Morgan fingerprint density at radius 2 is 2.35 bits per heavy atom. The summed E-state index contributed by atoms with van der Waals surface area (Å²) >= 11 is 1.53. The van der Waals surface area contributed by atoms with Gasteiger partial charge in [0.05, 0.1) is 18.6 Å². The maximum Gasteiger partial charge on any atom is 0.330 e. The Labute approximate surface area is 119 Å². The number of H-pyrrole nitrogens is 1. The zero-order chi connectivity index (χ0) is 14.7. The molecule has 0 radical (unpaired) electrons. The monoisotopic (exact) mass is 302 g/mol. The van der Waals surface area contributed by atoms with Crippen molar-refractivity contribution in [3.05, 3.63) is 32.6 Å². The number of ether oxygens (including phenoxy) is 2. The third-order valence-electron chi connectivity index (χ3n) is 3.22. The van der Waals surface area contributed by atoms with E-state index in [2.05, 4.69) is 4.98 Å². The number of rotatable bonds is 5. The first-order valence-electron chi connectivity index (χ1n) is 6.25. The molecule has 0 unspecified atom stereocenters. The molecule has 1 aliphatic heterocycles. The standard InChI is InChI=1S/C12H18N2O5S/c1-7-4-14(12(17)13-11(7)16)10-3-8(18-6-20-2)9(5-15)19-10/h4,8-10,15H,3,5-6H2,1-2H3,(H,13,16,17)/t8-,9+,10+/m0/s1. The molecule has 0 amide bonds. The minimum Gasteiger partial charge on any atom is -0.394 e. The van der Waals surface area contributed by atoms with E-state index in [1.165, 1.54) is 22.5 Å². The van der Waals surface area contributed by atoms with Crippen LogP contribution in [0.1, 0.15) is 18.2 Å². The van der Waals surface area contributed by atoms with Gasteiger partial charge in [-0.2, -0.15) is 0 Å². The number of hydrogen-bond acceptors (Lipinski definition) is 6. The molecule has 1 aliphatic rings. The minimum absolute atomic E-state index is 0.174. The number of aromatic amines is 1. The summed E-state index contributed by atoms with van der Waals surface area (Å²) < 4.78 is 12.6. The van der Waals surface area contributed by atoms with E-state index >= 15 is 0 Å². The van der Waals surface area contributed by atoms with Crippen LogP contribution >= 0.6 is 11.8 Å². The number of hydrogen-bond donors (Lipinski definition) is 2. The molecule has 0 saturated carbocycles. The maximum atomic E-state index is 11.8. The van der Waals surface area contributed by atoms with E-state index in [1.54, 1.807) is 6.92 Å². The lowest BCUT2D eigenvalue weighted by molar-refractivity contribution is -0.0555.